The van der Waals surface area contributed by atoms with Gasteiger partial charge in [-0.15, -0.1) is 0 Å². The molecule has 0 aromatic carbocycles. The molecule has 1 N–H and O–H groups in total. The van der Waals surface area contributed by atoms with Crippen LogP contribution >= 0.6 is 0 Å². The number of nitrogens with one attached hydrogen (secondary N) is 1. The van der Waals surface area contributed by atoms with Gasteiger partial charge in [-0.2, -0.15) is 10.1 Å². The van der Waals surface area contributed by atoms with E-state index >= 15 is 0 Å². The summed E-state index contributed by atoms with van der Waals surface area (Å²) in [5.41, 5.74) is 0.783. The largest absolute Gasteiger partial charge is 0.474 e. The summed E-state index contributed by atoms with van der Waals surface area (Å²) in [4.78, 5) is 4.30. The topological polar surface area (TPSA) is 60.7 Å². The SMILES string of the molecule is c1cnn2cc(OC[C@H]3CNCCO3)nc2c1. The van der Waals surface area contributed by atoms with Crippen molar-refractivity contribution in [1.82, 2.24) is 19.9 Å². The van der Waals surface area contributed by atoms with E-state index in [0.717, 1.165) is 25.3 Å². The fraction of sp³-hybridized carbons (Fsp3) is 0.455. The van der Waals surface area contributed by atoms with E-state index < -0.39 is 0 Å². The molecule has 3 heterocycles. The first kappa shape index (κ1) is 10.5. The monoisotopic (exact) mass is 234 g/mol. The minimum Gasteiger partial charge on any atom is -0.474 e. The standard InChI is InChI=1S/C11H14N4O2/c1-2-10-14-11(7-15(10)13-3-1)17-8-9-6-12-4-5-16-9/h1-3,7,9,12H,4-6,8H2/t9-/m1/s1. The summed E-state index contributed by atoms with van der Waals surface area (Å²) < 4.78 is 12.8. The maximum absolute atomic E-state index is 5.59. The molecule has 0 radical (unpaired) electrons. The Hall–Kier alpha value is -1.66. The van der Waals surface area contributed by atoms with Gasteiger partial charge in [0.15, 0.2) is 5.65 Å². The summed E-state index contributed by atoms with van der Waals surface area (Å²) in [5.74, 6) is 0.581. The van der Waals surface area contributed by atoms with Gasteiger partial charge in [0.2, 0.25) is 5.88 Å². The Morgan fingerprint density at radius 3 is 3.41 bits per heavy atom. The van der Waals surface area contributed by atoms with Gasteiger partial charge in [-0.25, -0.2) is 4.52 Å². The van der Waals surface area contributed by atoms with Crippen LogP contribution in [-0.2, 0) is 4.74 Å². The lowest BCUT2D eigenvalue weighted by atomic mass is 10.3. The van der Waals surface area contributed by atoms with E-state index in [1.807, 2.05) is 12.1 Å². The predicted molar refractivity (Wildman–Crippen MR) is 61.1 cm³/mol. The van der Waals surface area contributed by atoms with E-state index in [1.165, 1.54) is 0 Å². The second-order valence-corrected chi connectivity index (χ2v) is 3.91. The number of hydrogen-bond acceptors (Lipinski definition) is 5. The van der Waals surface area contributed by atoms with Gasteiger partial charge in [0, 0.05) is 19.3 Å². The number of nitrogens with zero attached hydrogens (tertiary/aromatic N) is 3. The zero-order valence-electron chi connectivity index (χ0n) is 9.37. The number of fused-ring (bicyclic) bond motifs is 1. The van der Waals surface area contributed by atoms with Crippen LogP contribution in [-0.4, -0.2) is 47.0 Å². The highest BCUT2D eigenvalue weighted by Crippen LogP contribution is 2.10. The van der Waals surface area contributed by atoms with Crippen molar-refractivity contribution in [2.75, 3.05) is 26.3 Å². The Morgan fingerprint density at radius 1 is 1.59 bits per heavy atom. The van der Waals surface area contributed by atoms with Crippen molar-refractivity contribution in [3.8, 4) is 5.88 Å². The average Bonchev–Trinajstić information content (AvgIpc) is 2.80. The second kappa shape index (κ2) is 4.68. The molecule has 0 spiro atoms. The first-order valence-electron chi connectivity index (χ1n) is 5.67. The third-order valence-electron chi connectivity index (χ3n) is 2.64. The van der Waals surface area contributed by atoms with Gasteiger partial charge in [0.25, 0.3) is 0 Å². The van der Waals surface area contributed by atoms with E-state index in [1.54, 1.807) is 16.9 Å². The fourth-order valence-corrected chi connectivity index (χ4v) is 1.78. The molecule has 1 saturated heterocycles. The van der Waals surface area contributed by atoms with Crippen LogP contribution in [0.15, 0.2) is 24.5 Å². The average molecular weight is 234 g/mol. The summed E-state index contributed by atoms with van der Waals surface area (Å²) in [6.45, 7) is 2.98. The molecule has 0 unspecified atom stereocenters. The summed E-state index contributed by atoms with van der Waals surface area (Å²) in [6, 6.07) is 3.73. The molecule has 0 saturated carbocycles. The smallest absolute Gasteiger partial charge is 0.234 e. The molecule has 6 heteroatoms. The highest BCUT2D eigenvalue weighted by atomic mass is 16.5. The van der Waals surface area contributed by atoms with Gasteiger partial charge in [0.1, 0.15) is 12.7 Å². The van der Waals surface area contributed by atoms with E-state index in [9.17, 15) is 0 Å². The van der Waals surface area contributed by atoms with Crippen LogP contribution in [0.3, 0.4) is 0 Å². The molecule has 1 fully saturated rings. The minimum atomic E-state index is 0.0986. The Bertz CT molecular complexity index is 460. The molecule has 2 aromatic rings. The molecule has 0 bridgehead atoms. The lowest BCUT2D eigenvalue weighted by Crippen LogP contribution is -2.41. The molecule has 17 heavy (non-hydrogen) atoms. The van der Waals surface area contributed by atoms with Crippen LogP contribution in [0.5, 0.6) is 5.88 Å². The molecular formula is C11H14N4O2. The van der Waals surface area contributed by atoms with Crippen molar-refractivity contribution < 1.29 is 9.47 Å². The number of ether oxygens (including phenoxy) is 2. The van der Waals surface area contributed by atoms with Crippen LogP contribution < -0.4 is 10.1 Å². The van der Waals surface area contributed by atoms with Gasteiger partial charge < -0.3 is 14.8 Å². The summed E-state index contributed by atoms with van der Waals surface area (Å²) in [6.07, 6.45) is 3.58. The van der Waals surface area contributed by atoms with Gasteiger partial charge in [0.05, 0.1) is 12.8 Å². The summed E-state index contributed by atoms with van der Waals surface area (Å²) in [5, 5.41) is 7.38. The molecule has 1 atom stereocenters. The maximum Gasteiger partial charge on any atom is 0.234 e. The molecule has 1 aliphatic heterocycles. The number of aromatic nitrogens is 3. The Labute approximate surface area is 98.6 Å². The van der Waals surface area contributed by atoms with Crippen molar-refractivity contribution in [2.24, 2.45) is 0 Å². The molecule has 1 aliphatic rings. The Kier molecular flexibility index (Phi) is 2.89. The zero-order valence-corrected chi connectivity index (χ0v) is 9.37. The normalized spacial score (nSPS) is 20.6. The summed E-state index contributed by atoms with van der Waals surface area (Å²) >= 11 is 0. The number of imidazole rings is 1. The third-order valence-corrected chi connectivity index (χ3v) is 2.64. The second-order valence-electron chi connectivity index (χ2n) is 3.91. The lowest BCUT2D eigenvalue weighted by molar-refractivity contribution is -0.000639. The van der Waals surface area contributed by atoms with E-state index in [4.69, 9.17) is 9.47 Å². The van der Waals surface area contributed by atoms with Crippen LogP contribution in [0.4, 0.5) is 0 Å². The van der Waals surface area contributed by atoms with Crippen LogP contribution in [0.2, 0.25) is 0 Å². The van der Waals surface area contributed by atoms with E-state index in [-0.39, 0.29) is 6.10 Å². The number of hydrogen-bond donors (Lipinski definition) is 1. The van der Waals surface area contributed by atoms with Crippen LogP contribution in [0, 0.1) is 0 Å². The fourth-order valence-electron chi connectivity index (χ4n) is 1.78. The third kappa shape index (κ3) is 2.37. The van der Waals surface area contributed by atoms with Crippen molar-refractivity contribution in [2.45, 2.75) is 6.10 Å². The lowest BCUT2D eigenvalue weighted by Gasteiger charge is -2.22. The first-order chi connectivity index (χ1) is 8.42. The minimum absolute atomic E-state index is 0.0986. The van der Waals surface area contributed by atoms with Crippen LogP contribution in [0.25, 0.3) is 5.65 Å². The molecule has 6 nitrogen and oxygen atoms in total. The highest BCUT2D eigenvalue weighted by molar-refractivity contribution is 5.39. The van der Waals surface area contributed by atoms with Crippen LogP contribution in [0.1, 0.15) is 0 Å². The molecule has 0 aliphatic carbocycles. The molecule has 3 rings (SSSR count). The van der Waals surface area contributed by atoms with Gasteiger partial charge in [-0.05, 0) is 12.1 Å². The quantitative estimate of drug-likeness (QED) is 0.816. The Morgan fingerprint density at radius 2 is 2.59 bits per heavy atom. The molecular weight excluding hydrogens is 220 g/mol. The van der Waals surface area contributed by atoms with Gasteiger partial charge in [-0.1, -0.05) is 0 Å². The van der Waals surface area contributed by atoms with E-state index in [0.29, 0.717) is 12.5 Å². The van der Waals surface area contributed by atoms with Crippen molar-refractivity contribution >= 4 is 5.65 Å². The van der Waals surface area contributed by atoms with Crippen molar-refractivity contribution in [3.63, 3.8) is 0 Å². The van der Waals surface area contributed by atoms with Crippen molar-refractivity contribution in [1.29, 1.82) is 0 Å². The number of morpholine rings is 1. The maximum atomic E-state index is 5.59. The first-order valence-corrected chi connectivity index (χ1v) is 5.67. The predicted octanol–water partition coefficient (Wildman–Crippen LogP) is 0.0965. The Balaban J connectivity index is 1.64. The van der Waals surface area contributed by atoms with Crippen molar-refractivity contribution in [3.05, 3.63) is 24.5 Å². The van der Waals surface area contributed by atoms with Gasteiger partial charge >= 0.3 is 0 Å². The number of rotatable bonds is 3. The highest BCUT2D eigenvalue weighted by Gasteiger charge is 2.14. The zero-order chi connectivity index (χ0) is 11.5. The van der Waals surface area contributed by atoms with Gasteiger partial charge in [-0.3, -0.25) is 0 Å². The molecule has 0 amide bonds. The van der Waals surface area contributed by atoms with E-state index in [2.05, 4.69) is 15.4 Å². The summed E-state index contributed by atoms with van der Waals surface area (Å²) in [7, 11) is 0. The molecule has 90 valence electrons. The molecule has 2 aromatic heterocycles.